The summed E-state index contributed by atoms with van der Waals surface area (Å²) in [5, 5.41) is -1.52. The quantitative estimate of drug-likeness (QED) is 0.355. The Labute approximate surface area is 72.5 Å². The van der Waals surface area contributed by atoms with Gasteiger partial charge in [-0.2, -0.15) is 8.42 Å². The van der Waals surface area contributed by atoms with Crippen molar-refractivity contribution in [1.29, 1.82) is 0 Å². The van der Waals surface area contributed by atoms with Gasteiger partial charge in [0.1, 0.15) is 0 Å². The number of rotatable bonds is 3. The second-order valence-corrected chi connectivity index (χ2v) is 4.26. The second-order valence-electron chi connectivity index (χ2n) is 1.33. The summed E-state index contributed by atoms with van der Waals surface area (Å²) < 4.78 is 44.3. The molecule has 1 unspecified atom stereocenters. The molecule has 0 heterocycles. The zero-order chi connectivity index (χ0) is 9.99. The zero-order valence-electron chi connectivity index (χ0n) is 5.15. The molecule has 0 bridgehead atoms. The van der Waals surface area contributed by atoms with Gasteiger partial charge in [0, 0.05) is 0 Å². The van der Waals surface area contributed by atoms with Gasteiger partial charge in [0.05, 0.1) is 0 Å². The third kappa shape index (κ3) is 6.58. The number of thiol groups is 1. The standard InChI is InChI=1S/CH3O8PS2/c2-1(11)8-10(3,4)9-12(5,6)7/h(H,2,11)(H,3,4)(H,5,6,7). The van der Waals surface area contributed by atoms with E-state index in [2.05, 4.69) is 21.1 Å². The Kier molecular flexibility index (Phi) is 3.69. The van der Waals surface area contributed by atoms with Crippen molar-refractivity contribution < 1.29 is 35.7 Å². The summed E-state index contributed by atoms with van der Waals surface area (Å²) in [7, 11) is -10.3. The molecule has 0 saturated heterocycles. The minimum Gasteiger partial charge on any atom is -0.362 e. The first-order valence-electron chi connectivity index (χ1n) is 2.06. The van der Waals surface area contributed by atoms with Crippen LogP contribution in [0.15, 0.2) is 0 Å². The van der Waals surface area contributed by atoms with Crippen molar-refractivity contribution in [3.05, 3.63) is 0 Å². The molecule has 72 valence electrons. The van der Waals surface area contributed by atoms with E-state index in [1.54, 1.807) is 0 Å². The molecule has 0 fully saturated rings. The van der Waals surface area contributed by atoms with Crippen LogP contribution in [-0.4, -0.2) is 23.2 Å². The van der Waals surface area contributed by atoms with Gasteiger partial charge in [0.25, 0.3) is 0 Å². The Hall–Kier alpha value is -0.120. The molecule has 2 N–H and O–H groups in total. The van der Waals surface area contributed by atoms with E-state index < -0.39 is 23.5 Å². The summed E-state index contributed by atoms with van der Waals surface area (Å²) in [6.07, 6.45) is 0. The molecule has 0 amide bonds. The van der Waals surface area contributed by atoms with Gasteiger partial charge in [-0.05, 0) is 0 Å². The highest BCUT2D eigenvalue weighted by Gasteiger charge is 2.31. The lowest BCUT2D eigenvalue weighted by atomic mass is 11.6. The first-order valence-corrected chi connectivity index (χ1v) is 5.37. The van der Waals surface area contributed by atoms with Crippen LogP contribution in [0.3, 0.4) is 0 Å². The second kappa shape index (κ2) is 3.73. The van der Waals surface area contributed by atoms with E-state index >= 15 is 0 Å². The van der Waals surface area contributed by atoms with Crippen molar-refractivity contribution in [2.45, 2.75) is 0 Å². The lowest BCUT2D eigenvalue weighted by Crippen LogP contribution is -2.04. The Morgan fingerprint density at radius 1 is 1.50 bits per heavy atom. The van der Waals surface area contributed by atoms with Gasteiger partial charge in [-0.3, -0.25) is 9.45 Å². The minimum absolute atomic E-state index is 1.52. The van der Waals surface area contributed by atoms with Crippen LogP contribution in [0.1, 0.15) is 0 Å². The lowest BCUT2D eigenvalue weighted by Gasteiger charge is -2.05. The molecule has 0 aromatic heterocycles. The number of carbonyl (C=O) groups excluding carboxylic acids is 1. The third-order valence-corrected chi connectivity index (χ3v) is 2.52. The summed E-state index contributed by atoms with van der Waals surface area (Å²) in [5.74, 6) is 0. The number of phosphoric acid groups is 1. The van der Waals surface area contributed by atoms with Crippen molar-refractivity contribution in [2.24, 2.45) is 0 Å². The minimum atomic E-state index is -5.15. The van der Waals surface area contributed by atoms with Crippen LogP contribution in [0.4, 0.5) is 4.79 Å². The van der Waals surface area contributed by atoms with Crippen LogP contribution in [0, 0.1) is 0 Å². The van der Waals surface area contributed by atoms with E-state index in [0.717, 1.165) is 0 Å². The summed E-state index contributed by atoms with van der Waals surface area (Å²) >= 11 is 2.89. The number of hydrogen-bond donors (Lipinski definition) is 3. The van der Waals surface area contributed by atoms with Gasteiger partial charge in [0.2, 0.25) is 0 Å². The molecular weight excluding hydrogens is 235 g/mol. The van der Waals surface area contributed by atoms with E-state index in [1.165, 1.54) is 0 Å². The molecule has 0 aliphatic rings. The largest absolute Gasteiger partial charge is 0.546 e. The van der Waals surface area contributed by atoms with Crippen LogP contribution in [-0.2, 0) is 23.5 Å². The van der Waals surface area contributed by atoms with Crippen LogP contribution in [0.2, 0.25) is 0 Å². The SMILES string of the molecule is O=C(S)OP(=O)(O)OS(=O)(=O)O. The Balaban J connectivity index is 4.45. The van der Waals surface area contributed by atoms with Crippen LogP contribution >= 0.6 is 20.5 Å². The highest BCUT2D eigenvalue weighted by molar-refractivity contribution is 7.96. The smallest absolute Gasteiger partial charge is 0.362 e. The molecule has 0 aliphatic carbocycles. The lowest BCUT2D eigenvalue weighted by molar-refractivity contribution is 0.201. The van der Waals surface area contributed by atoms with Crippen LogP contribution in [0.5, 0.6) is 0 Å². The first kappa shape index (κ1) is 11.9. The molecule has 11 heteroatoms. The van der Waals surface area contributed by atoms with E-state index in [0.29, 0.717) is 0 Å². The maximum Gasteiger partial charge on any atom is 0.546 e. The highest BCUT2D eigenvalue weighted by Crippen LogP contribution is 2.45. The number of phosphoric ester groups is 1. The Morgan fingerprint density at radius 2 is 1.92 bits per heavy atom. The average Bonchev–Trinajstić information content (AvgIpc) is 1.48. The van der Waals surface area contributed by atoms with Crippen molar-refractivity contribution in [3.63, 3.8) is 0 Å². The van der Waals surface area contributed by atoms with Crippen LogP contribution < -0.4 is 0 Å². The molecule has 8 nitrogen and oxygen atoms in total. The van der Waals surface area contributed by atoms with Gasteiger partial charge < -0.3 is 4.52 Å². The predicted octanol–water partition coefficient (Wildman–Crippen LogP) is -0.0274. The highest BCUT2D eigenvalue weighted by atomic mass is 32.3. The van der Waals surface area contributed by atoms with Gasteiger partial charge in [-0.25, -0.2) is 9.36 Å². The Morgan fingerprint density at radius 3 is 2.17 bits per heavy atom. The first-order chi connectivity index (χ1) is 5.12. The summed E-state index contributed by atoms with van der Waals surface area (Å²) in [5.41, 5.74) is 0. The van der Waals surface area contributed by atoms with E-state index in [-0.39, 0.29) is 0 Å². The molecule has 0 aliphatic heterocycles. The van der Waals surface area contributed by atoms with E-state index in [4.69, 9.17) is 9.45 Å². The van der Waals surface area contributed by atoms with Gasteiger partial charge in [-0.15, -0.1) is 3.97 Å². The molecule has 0 aromatic rings. The summed E-state index contributed by atoms with van der Waals surface area (Å²) in [6.45, 7) is 0. The molecule has 12 heavy (non-hydrogen) atoms. The maximum absolute atomic E-state index is 10.3. The Bertz CT molecular complexity index is 314. The van der Waals surface area contributed by atoms with Crippen molar-refractivity contribution in [3.8, 4) is 0 Å². The monoisotopic (exact) mass is 238 g/mol. The van der Waals surface area contributed by atoms with Gasteiger partial charge >= 0.3 is 23.5 Å². The molecule has 0 spiro atoms. The van der Waals surface area contributed by atoms with Gasteiger partial charge in [-0.1, -0.05) is 12.6 Å². The van der Waals surface area contributed by atoms with Crippen molar-refractivity contribution >= 4 is 36.2 Å². The van der Waals surface area contributed by atoms with E-state index in [1.807, 2.05) is 0 Å². The normalized spacial score (nSPS) is 16.6. The summed E-state index contributed by atoms with van der Waals surface area (Å²) in [6, 6.07) is 0. The van der Waals surface area contributed by atoms with Crippen molar-refractivity contribution in [1.82, 2.24) is 0 Å². The predicted molar refractivity (Wildman–Crippen MR) is 37.9 cm³/mol. The molecular formula is CH3O8PS2. The molecule has 0 aromatic carbocycles. The number of carbonyl (C=O) groups is 1. The fraction of sp³-hybridized carbons (Fsp3) is 0. The molecule has 0 radical (unpaired) electrons. The maximum atomic E-state index is 10.3. The molecule has 1 atom stereocenters. The van der Waals surface area contributed by atoms with Crippen LogP contribution in [0.25, 0.3) is 0 Å². The van der Waals surface area contributed by atoms with Gasteiger partial charge in [0.15, 0.2) is 0 Å². The molecule has 0 saturated carbocycles. The third-order valence-electron chi connectivity index (χ3n) is 0.382. The number of hydrogen-bond acceptors (Lipinski definition) is 6. The topological polar surface area (TPSA) is 127 Å². The van der Waals surface area contributed by atoms with E-state index in [9.17, 15) is 17.8 Å². The van der Waals surface area contributed by atoms with Crippen molar-refractivity contribution in [2.75, 3.05) is 0 Å². The summed E-state index contributed by atoms with van der Waals surface area (Å²) in [4.78, 5) is 18.2. The zero-order valence-corrected chi connectivity index (χ0v) is 7.75. The average molecular weight is 238 g/mol. The fourth-order valence-electron chi connectivity index (χ4n) is 0.233. The fourth-order valence-corrected chi connectivity index (χ4v) is 1.81. The molecule has 0 rings (SSSR count).